The van der Waals surface area contributed by atoms with E-state index in [9.17, 15) is 31.6 Å². The van der Waals surface area contributed by atoms with Crippen molar-refractivity contribution < 1.29 is 26.3 Å². The van der Waals surface area contributed by atoms with Gasteiger partial charge in [-0.15, -0.1) is 0 Å². The Balaban J connectivity index is 1.23. The van der Waals surface area contributed by atoms with Crippen LogP contribution < -0.4 is 0 Å². The standard InChI is InChI=1S/C64H34F6N6/c65-63(66,67)38-27-31-53-46(33-38)42-17-5-9-21-49(42)73(53)59-48(35-71)60(74-51-23-11-7-19-44(51)57-40-15-3-1-13-36(40)25-29-55(57)74)62(76-52-24-12-8-20-45(52)58-41-16-4-2-14-37(41)26-30-56(58)76)72-61(59)75-50-22-10-6-18-43(50)47-34-39(64(68,69)70)28-32-54(47)75/h1-34H. The first kappa shape index (κ1) is 43.7. The van der Waals surface area contributed by atoms with Gasteiger partial charge < -0.3 is 9.13 Å². The zero-order valence-corrected chi connectivity index (χ0v) is 39.6. The zero-order valence-electron chi connectivity index (χ0n) is 39.6. The van der Waals surface area contributed by atoms with Gasteiger partial charge in [0, 0.05) is 43.1 Å². The van der Waals surface area contributed by atoms with Crippen LogP contribution in [0.4, 0.5) is 26.3 Å². The first-order valence-corrected chi connectivity index (χ1v) is 24.5. The molecule has 0 amide bonds. The number of hydrogen-bond acceptors (Lipinski definition) is 2. The Labute approximate surface area is 426 Å². The molecule has 0 fully saturated rings. The average molecular weight is 1000 g/mol. The summed E-state index contributed by atoms with van der Waals surface area (Å²) in [4.78, 5) is 5.91. The molecule has 0 aliphatic carbocycles. The second-order valence-electron chi connectivity index (χ2n) is 19.2. The van der Waals surface area contributed by atoms with Crippen LogP contribution in [0.5, 0.6) is 0 Å². The van der Waals surface area contributed by atoms with E-state index in [4.69, 9.17) is 4.98 Å². The van der Waals surface area contributed by atoms with Crippen molar-refractivity contribution in [3.05, 3.63) is 223 Å². The SMILES string of the molecule is N#Cc1c(-n2c3ccccc3c3cc(C(F)(F)F)ccc32)c(-n2c3ccccc3c3cc(C(F)(F)F)ccc32)nc(-n2c3ccccc3c3c4ccccc4ccc32)c1-n1c2ccccc2c2c3ccccc3ccc21. The molecule has 5 aromatic heterocycles. The summed E-state index contributed by atoms with van der Waals surface area (Å²) in [7, 11) is 0. The second kappa shape index (κ2) is 15.6. The Morgan fingerprint density at radius 2 is 0.658 bits per heavy atom. The Morgan fingerprint density at radius 1 is 0.329 bits per heavy atom. The summed E-state index contributed by atoms with van der Waals surface area (Å²) in [5.41, 5.74) is 3.72. The fourth-order valence-electron chi connectivity index (χ4n) is 12.1. The molecule has 12 heteroatoms. The molecule has 0 N–H and O–H groups in total. The molecule has 0 spiro atoms. The molecular formula is C64H34F6N6. The lowest BCUT2D eigenvalue weighted by molar-refractivity contribution is -0.138. The monoisotopic (exact) mass is 1000 g/mol. The van der Waals surface area contributed by atoms with E-state index in [1.54, 1.807) is 57.7 Å². The number of nitriles is 1. The van der Waals surface area contributed by atoms with Crippen molar-refractivity contribution in [2.24, 2.45) is 0 Å². The van der Waals surface area contributed by atoms with E-state index in [-0.39, 0.29) is 27.8 Å². The van der Waals surface area contributed by atoms with E-state index >= 15 is 0 Å². The largest absolute Gasteiger partial charge is 0.416 e. The molecule has 0 bridgehead atoms. The molecule has 15 aromatic rings. The highest BCUT2D eigenvalue weighted by Gasteiger charge is 2.36. The van der Waals surface area contributed by atoms with Gasteiger partial charge in [0.15, 0.2) is 11.6 Å². The van der Waals surface area contributed by atoms with Crippen molar-refractivity contribution in [2.75, 3.05) is 0 Å². The number of alkyl halides is 6. The lowest BCUT2D eigenvalue weighted by Gasteiger charge is -2.24. The maximum Gasteiger partial charge on any atom is 0.416 e. The van der Waals surface area contributed by atoms with Gasteiger partial charge in [0.25, 0.3) is 0 Å². The molecule has 0 saturated heterocycles. The van der Waals surface area contributed by atoms with Crippen LogP contribution in [0.2, 0.25) is 0 Å². The number of hydrogen-bond donors (Lipinski definition) is 0. The van der Waals surface area contributed by atoms with Crippen LogP contribution in [0.3, 0.4) is 0 Å². The van der Waals surface area contributed by atoms with E-state index in [2.05, 4.69) is 57.7 Å². The molecule has 15 rings (SSSR count). The molecule has 0 atom stereocenters. The number of para-hydroxylation sites is 4. The summed E-state index contributed by atoms with van der Waals surface area (Å²) in [6, 6.07) is 64.5. The summed E-state index contributed by atoms with van der Waals surface area (Å²) in [5.74, 6) is 0.479. The van der Waals surface area contributed by atoms with E-state index in [1.807, 2.05) is 78.9 Å². The van der Waals surface area contributed by atoms with Crippen LogP contribution in [0.1, 0.15) is 16.7 Å². The first-order valence-electron chi connectivity index (χ1n) is 24.5. The fraction of sp³-hybridized carbons (Fsp3) is 0.0312. The number of rotatable bonds is 4. The predicted octanol–water partition coefficient (Wildman–Crippen LogP) is 17.7. The van der Waals surface area contributed by atoms with E-state index in [1.165, 1.54) is 12.1 Å². The molecule has 6 nitrogen and oxygen atoms in total. The van der Waals surface area contributed by atoms with Gasteiger partial charge in [-0.2, -0.15) is 31.6 Å². The molecule has 10 aromatic carbocycles. The van der Waals surface area contributed by atoms with Crippen LogP contribution in [0.15, 0.2) is 206 Å². The third kappa shape index (κ3) is 6.02. The van der Waals surface area contributed by atoms with Crippen molar-refractivity contribution in [3.63, 3.8) is 0 Å². The number of aromatic nitrogens is 5. The number of fused-ring (bicyclic) bond motifs is 16. The first-order chi connectivity index (χ1) is 37.0. The smallest absolute Gasteiger partial charge is 0.305 e. The van der Waals surface area contributed by atoms with Crippen LogP contribution >= 0.6 is 0 Å². The van der Waals surface area contributed by atoms with Gasteiger partial charge in [0.05, 0.1) is 55.3 Å². The summed E-state index contributed by atoms with van der Waals surface area (Å²) >= 11 is 0. The van der Waals surface area contributed by atoms with Gasteiger partial charge >= 0.3 is 12.4 Å². The van der Waals surface area contributed by atoms with Crippen LogP contribution in [0, 0.1) is 11.3 Å². The molecule has 76 heavy (non-hydrogen) atoms. The molecule has 0 radical (unpaired) electrons. The molecule has 0 aliphatic heterocycles. The number of nitrogens with zero attached hydrogens (tertiary/aromatic N) is 6. The van der Waals surface area contributed by atoms with Crippen molar-refractivity contribution in [2.45, 2.75) is 12.4 Å². The highest BCUT2D eigenvalue weighted by molar-refractivity contribution is 6.23. The Bertz CT molecular complexity index is 5060. The van der Waals surface area contributed by atoms with Crippen molar-refractivity contribution in [3.8, 4) is 29.1 Å². The fourth-order valence-corrected chi connectivity index (χ4v) is 12.1. The minimum atomic E-state index is -4.68. The second-order valence-corrected chi connectivity index (χ2v) is 19.2. The van der Waals surface area contributed by atoms with Gasteiger partial charge in [-0.3, -0.25) is 9.13 Å². The lowest BCUT2D eigenvalue weighted by atomic mass is 10.0. The number of halogens is 6. The Hall–Kier alpha value is -9.86. The molecule has 0 saturated carbocycles. The highest BCUT2D eigenvalue weighted by Crippen LogP contribution is 2.48. The van der Waals surface area contributed by atoms with Crippen LogP contribution in [0.25, 0.3) is 132 Å². The number of benzene rings is 10. The summed E-state index contributed by atoms with van der Waals surface area (Å²) < 4.78 is 96.0. The van der Waals surface area contributed by atoms with E-state index in [0.29, 0.717) is 44.3 Å². The van der Waals surface area contributed by atoms with Gasteiger partial charge in [0.2, 0.25) is 0 Å². The minimum Gasteiger partial charge on any atom is -0.305 e. The Morgan fingerprint density at radius 3 is 1.13 bits per heavy atom. The van der Waals surface area contributed by atoms with Gasteiger partial charge in [0.1, 0.15) is 23.0 Å². The quantitative estimate of drug-likeness (QED) is 0.165. The number of pyridine rings is 1. The van der Waals surface area contributed by atoms with Gasteiger partial charge in [-0.05, 0) is 94.3 Å². The topological polar surface area (TPSA) is 56.4 Å². The normalized spacial score (nSPS) is 12.6. The summed E-state index contributed by atoms with van der Waals surface area (Å²) in [6.45, 7) is 0. The average Bonchev–Trinajstić information content (AvgIpc) is 4.36. The maximum absolute atomic E-state index is 14.7. The summed E-state index contributed by atoms with van der Waals surface area (Å²) in [5, 5.41) is 21.7. The third-order valence-corrected chi connectivity index (χ3v) is 15.2. The van der Waals surface area contributed by atoms with Crippen molar-refractivity contribution >= 4 is 109 Å². The van der Waals surface area contributed by atoms with Gasteiger partial charge in [-0.25, -0.2) is 4.98 Å². The molecule has 0 aliphatic rings. The van der Waals surface area contributed by atoms with Crippen LogP contribution in [-0.2, 0) is 12.4 Å². The molecule has 0 unspecified atom stereocenters. The maximum atomic E-state index is 14.7. The molecular weight excluding hydrogens is 967 g/mol. The molecule has 5 heterocycles. The minimum absolute atomic E-state index is 0.0999. The van der Waals surface area contributed by atoms with E-state index in [0.717, 1.165) is 89.4 Å². The van der Waals surface area contributed by atoms with E-state index < -0.39 is 23.5 Å². The predicted molar refractivity (Wildman–Crippen MR) is 291 cm³/mol. The summed E-state index contributed by atoms with van der Waals surface area (Å²) in [6.07, 6.45) is -9.35. The Kier molecular flexibility index (Phi) is 8.96. The lowest BCUT2D eigenvalue weighted by Crippen LogP contribution is -2.16. The third-order valence-electron chi connectivity index (χ3n) is 15.2. The van der Waals surface area contributed by atoms with Gasteiger partial charge in [-0.1, -0.05) is 133 Å². The van der Waals surface area contributed by atoms with Crippen molar-refractivity contribution in [1.29, 1.82) is 5.26 Å². The highest BCUT2D eigenvalue weighted by atomic mass is 19.4. The van der Waals surface area contributed by atoms with Crippen molar-refractivity contribution in [1.82, 2.24) is 23.3 Å². The zero-order chi connectivity index (χ0) is 51.4. The van der Waals surface area contributed by atoms with Crippen LogP contribution in [-0.4, -0.2) is 23.3 Å². The molecule has 362 valence electrons.